The minimum atomic E-state index is -1.57. The molecule has 0 aromatic rings. The maximum Gasteiger partial charge on any atom is 0.214 e. The zero-order valence-electron chi connectivity index (χ0n) is 19.7. The van der Waals surface area contributed by atoms with Crippen molar-refractivity contribution >= 4 is 0 Å². The number of ether oxygens (including phenoxy) is 4. The monoisotopic (exact) mass is 612 g/mol. The number of hydrogen-bond donors (Lipinski definition) is 10. The number of halogens is 4. The number of rotatable bonds is 5. The second-order valence-electron chi connectivity index (χ2n) is 9.11. The van der Waals surface area contributed by atoms with Crippen molar-refractivity contribution in [2.24, 2.45) is 0 Å². The van der Waals surface area contributed by atoms with Gasteiger partial charge in [-0.2, -0.15) is 0 Å². The lowest BCUT2D eigenvalue weighted by Crippen LogP contribution is -3.00. The van der Waals surface area contributed by atoms with E-state index in [-0.39, 0.29) is 56.2 Å². The first kappa shape index (κ1) is 38.7. The number of hydrogen-bond acceptors (Lipinski definition) is 10. The first-order valence-electron chi connectivity index (χ1n) is 11.0. The zero-order chi connectivity index (χ0) is 23.9. The minimum absolute atomic E-state index is 0. The van der Waals surface area contributed by atoms with Crippen LogP contribution in [-0.2, 0) is 18.9 Å². The van der Waals surface area contributed by atoms with Gasteiger partial charge < -0.3 is 122 Å². The minimum Gasteiger partial charge on any atom is -1.00 e. The maximum atomic E-state index is 10.8. The van der Waals surface area contributed by atoms with Gasteiger partial charge in [0, 0.05) is 0 Å². The van der Waals surface area contributed by atoms with E-state index in [1.807, 2.05) is 0 Å². The van der Waals surface area contributed by atoms with E-state index in [4.69, 9.17) is 18.9 Å². The summed E-state index contributed by atoms with van der Waals surface area (Å²) in [5.74, 6) is 0. The summed E-state index contributed by atoms with van der Waals surface area (Å²) in [6.45, 7) is 1.71. The van der Waals surface area contributed by atoms with Gasteiger partial charge in [0.05, 0.1) is 12.5 Å². The summed E-state index contributed by atoms with van der Waals surface area (Å²) in [4.78, 5) is 0. The topological polar surface area (TPSA) is 269 Å². The number of aliphatic hydroxyl groups is 6. The summed E-state index contributed by atoms with van der Waals surface area (Å²) in [5.41, 5.74) is 15.6. The molecule has 3 rings (SSSR count). The summed E-state index contributed by atoms with van der Waals surface area (Å²) in [7, 11) is 0. The molecule has 0 bridgehead atoms. The van der Waals surface area contributed by atoms with Crippen molar-refractivity contribution in [2.75, 3.05) is 6.54 Å². The summed E-state index contributed by atoms with van der Waals surface area (Å²) in [5, 5.41) is 61.6. The smallest absolute Gasteiger partial charge is 0.214 e. The third-order valence-electron chi connectivity index (χ3n) is 6.72. The van der Waals surface area contributed by atoms with Crippen molar-refractivity contribution in [1.82, 2.24) is 0 Å². The highest BCUT2D eigenvalue weighted by molar-refractivity contribution is 4.97. The Hall–Kier alpha value is 0.600. The largest absolute Gasteiger partial charge is 1.00 e. The van der Waals surface area contributed by atoms with Crippen molar-refractivity contribution in [1.29, 1.82) is 0 Å². The molecule has 2 heterocycles. The average molecular weight is 614 g/mol. The summed E-state index contributed by atoms with van der Waals surface area (Å²) in [6, 6.07) is -1.72. The van der Waals surface area contributed by atoms with Crippen LogP contribution in [0.25, 0.3) is 0 Å². The van der Waals surface area contributed by atoms with Gasteiger partial charge in [-0.3, -0.25) is 0 Å². The molecule has 0 aromatic carbocycles. The summed E-state index contributed by atoms with van der Waals surface area (Å²) < 4.78 is 23.2. The molecular weight excluding hydrogens is 574 g/mol. The van der Waals surface area contributed by atoms with Crippen molar-refractivity contribution < 1.29 is 122 Å². The maximum absolute atomic E-state index is 10.8. The van der Waals surface area contributed by atoms with E-state index in [9.17, 15) is 30.6 Å². The van der Waals surface area contributed by atoms with Crippen LogP contribution in [-0.4, -0.2) is 129 Å². The van der Waals surface area contributed by atoms with Crippen molar-refractivity contribution in [3.05, 3.63) is 0 Å². The molecule has 1 aliphatic carbocycles. The molecule has 220 valence electrons. The van der Waals surface area contributed by atoms with Crippen LogP contribution in [0.2, 0.25) is 0 Å². The second kappa shape index (κ2) is 16.0. The molecule has 0 unspecified atom stereocenters. The molecule has 15 atom stereocenters. The van der Waals surface area contributed by atoms with Crippen LogP contribution in [0.4, 0.5) is 0 Å². The molecule has 14 nitrogen and oxygen atoms in total. The van der Waals surface area contributed by atoms with Crippen LogP contribution in [0.1, 0.15) is 13.3 Å². The fourth-order valence-corrected chi connectivity index (χ4v) is 4.53. The van der Waals surface area contributed by atoms with Gasteiger partial charge in [-0.15, -0.1) is 0 Å². The van der Waals surface area contributed by atoms with Crippen molar-refractivity contribution in [2.45, 2.75) is 105 Å². The van der Waals surface area contributed by atoms with E-state index in [0.717, 1.165) is 0 Å². The summed E-state index contributed by atoms with van der Waals surface area (Å²) in [6.07, 6.45) is -13.4. The van der Waals surface area contributed by atoms with E-state index in [0.29, 0.717) is 6.42 Å². The lowest BCUT2D eigenvalue weighted by molar-refractivity contribution is -0.537. The molecule has 2 aliphatic heterocycles. The van der Waals surface area contributed by atoms with Gasteiger partial charge in [0.25, 0.3) is 0 Å². The van der Waals surface area contributed by atoms with Crippen LogP contribution in [0.15, 0.2) is 0 Å². The lowest BCUT2D eigenvalue weighted by atomic mass is 9.84. The fraction of sp³-hybridized carbons (Fsp3) is 1.00. The number of quaternary nitrogens is 4. The summed E-state index contributed by atoms with van der Waals surface area (Å²) >= 11 is 0. The molecule has 1 saturated carbocycles. The Kier molecular flexibility index (Phi) is 17.2. The van der Waals surface area contributed by atoms with Gasteiger partial charge in [0.2, 0.25) is 6.29 Å². The fourth-order valence-electron chi connectivity index (χ4n) is 4.53. The Morgan fingerprint density at radius 2 is 1.22 bits per heavy atom. The van der Waals surface area contributed by atoms with Crippen LogP contribution < -0.4 is 72.6 Å². The SMILES string of the molecule is C[C@H]1O[C@@H](O[C@@H]2[C@@H](O)[C@H]([NH3+])C[C@H]([NH3+])[C@H]2O[C@H]2O[C@H](C[NH3+])[C@@H](O)[C@H](O)[C@H]2[NH3+])[C@H](O)[C@@H](O)[C@@H]1O.[Cl-].[Cl-].[Cl-].[Cl-]. The first-order chi connectivity index (χ1) is 15.0. The Labute approximate surface area is 233 Å². The van der Waals surface area contributed by atoms with E-state index in [2.05, 4.69) is 22.9 Å². The predicted octanol–water partition coefficient (Wildman–Crippen LogP) is -21.1. The molecule has 36 heavy (non-hydrogen) atoms. The van der Waals surface area contributed by atoms with E-state index in [1.165, 1.54) is 6.92 Å². The van der Waals surface area contributed by atoms with Gasteiger partial charge in [0.15, 0.2) is 12.3 Å². The third-order valence-corrected chi connectivity index (χ3v) is 6.72. The van der Waals surface area contributed by atoms with Crippen LogP contribution in [0.5, 0.6) is 0 Å². The Morgan fingerprint density at radius 1 is 0.667 bits per heavy atom. The molecule has 0 spiro atoms. The molecule has 3 fully saturated rings. The predicted molar refractivity (Wildman–Crippen MR) is 101 cm³/mol. The van der Waals surface area contributed by atoms with Gasteiger partial charge in [-0.25, -0.2) is 0 Å². The average Bonchev–Trinajstić information content (AvgIpc) is 2.76. The Bertz CT molecular complexity index is 638. The van der Waals surface area contributed by atoms with Crippen LogP contribution >= 0.6 is 0 Å². The molecular formula is C18H40Cl4N4O10. The molecule has 0 aromatic heterocycles. The van der Waals surface area contributed by atoms with Gasteiger partial charge in [0.1, 0.15) is 73.6 Å². The Morgan fingerprint density at radius 3 is 1.78 bits per heavy atom. The normalized spacial score (nSPS) is 48.9. The van der Waals surface area contributed by atoms with E-state index >= 15 is 0 Å². The highest BCUT2D eigenvalue weighted by atomic mass is 35.5. The van der Waals surface area contributed by atoms with Crippen molar-refractivity contribution in [3.63, 3.8) is 0 Å². The van der Waals surface area contributed by atoms with Crippen molar-refractivity contribution in [3.8, 4) is 0 Å². The van der Waals surface area contributed by atoms with Gasteiger partial charge in [-0.05, 0) is 6.92 Å². The lowest BCUT2D eigenvalue weighted by Gasteiger charge is -2.46. The second-order valence-corrected chi connectivity index (χ2v) is 9.11. The van der Waals surface area contributed by atoms with Gasteiger partial charge in [-0.1, -0.05) is 0 Å². The molecule has 0 radical (unpaired) electrons. The quantitative estimate of drug-likeness (QED) is 0.140. The van der Waals surface area contributed by atoms with E-state index < -0.39 is 91.7 Å². The highest BCUT2D eigenvalue weighted by Crippen LogP contribution is 2.30. The standard InChI is InChI=1S/C18H36N4O10.4ClH/c1-4-9(23)13(27)14(28)18(29-4)32-16-10(24)5(20)2-6(21)15(16)31-17-8(22)12(26)11(25)7(3-19)30-17;;;;/h4-18,23-28H,2-3,19-22H2,1H3;4*1H/t4-,5-,6+,7-,8-,9-,10+,11-,12-,13+,14-,15-,16-,17-,18+;;;;/m1..../s1. The first-order valence-corrected chi connectivity index (χ1v) is 11.0. The molecule has 18 heteroatoms. The zero-order valence-corrected chi connectivity index (χ0v) is 22.8. The van der Waals surface area contributed by atoms with Gasteiger partial charge >= 0.3 is 0 Å². The number of aliphatic hydroxyl groups excluding tert-OH is 6. The van der Waals surface area contributed by atoms with Crippen LogP contribution in [0.3, 0.4) is 0 Å². The molecule has 3 aliphatic rings. The molecule has 18 N–H and O–H groups in total. The van der Waals surface area contributed by atoms with Crippen LogP contribution in [0, 0.1) is 0 Å². The highest BCUT2D eigenvalue weighted by Gasteiger charge is 2.54. The molecule has 0 amide bonds. The third kappa shape index (κ3) is 7.84. The Balaban J connectivity index is 0. The van der Waals surface area contributed by atoms with E-state index in [1.54, 1.807) is 0 Å². The molecule has 2 saturated heterocycles.